The fourth-order valence-corrected chi connectivity index (χ4v) is 2.74. The van der Waals surface area contributed by atoms with Gasteiger partial charge in [0.15, 0.2) is 0 Å². The average Bonchev–Trinajstić information content (AvgIpc) is 2.69. The first-order valence-corrected chi connectivity index (χ1v) is 8.85. The number of hydrogen-bond acceptors (Lipinski definition) is 3. The van der Waals surface area contributed by atoms with Crippen LogP contribution in [0.15, 0.2) is 72.9 Å². The highest BCUT2D eigenvalue weighted by Crippen LogP contribution is 2.23. The van der Waals surface area contributed by atoms with Gasteiger partial charge in [0, 0.05) is 12.7 Å². The quantitative estimate of drug-likeness (QED) is 0.613. The van der Waals surface area contributed by atoms with Crippen LogP contribution in [0, 0.1) is 0 Å². The third-order valence-corrected chi connectivity index (χ3v) is 4.27. The number of nitrogens with zero attached hydrogens (tertiary/aromatic N) is 1. The van der Waals surface area contributed by atoms with Crippen molar-refractivity contribution in [1.29, 1.82) is 0 Å². The minimum atomic E-state index is -0.276. The van der Waals surface area contributed by atoms with Crippen molar-refractivity contribution in [1.82, 2.24) is 10.3 Å². The smallest absolute Gasteiger partial charge is 0.274 e. The summed E-state index contributed by atoms with van der Waals surface area (Å²) in [5, 5.41) is 6.74. The molecule has 0 saturated carbocycles. The molecule has 0 unspecified atom stereocenters. The molecule has 0 saturated heterocycles. The molecule has 2 aromatic carbocycles. The Bertz CT molecular complexity index is 854. The van der Waals surface area contributed by atoms with Gasteiger partial charge in [-0.15, -0.1) is 0 Å². The summed E-state index contributed by atoms with van der Waals surface area (Å²) in [5.74, 6) is -0.276. The van der Waals surface area contributed by atoms with Gasteiger partial charge in [-0.2, -0.15) is 0 Å². The zero-order chi connectivity index (χ0) is 18.2. The molecule has 132 valence electrons. The van der Waals surface area contributed by atoms with Gasteiger partial charge in [0.25, 0.3) is 5.91 Å². The summed E-state index contributed by atoms with van der Waals surface area (Å²) >= 11 is 6.21. The minimum absolute atomic E-state index is 0.276. The van der Waals surface area contributed by atoms with Gasteiger partial charge in [-0.25, -0.2) is 0 Å². The lowest BCUT2D eigenvalue weighted by molar-refractivity contribution is 0.102. The lowest BCUT2D eigenvalue weighted by Crippen LogP contribution is -2.17. The van der Waals surface area contributed by atoms with Gasteiger partial charge in [0.1, 0.15) is 5.69 Å². The lowest BCUT2D eigenvalue weighted by Gasteiger charge is -2.10. The molecule has 0 atom stereocenters. The van der Waals surface area contributed by atoms with Gasteiger partial charge in [0.2, 0.25) is 0 Å². The van der Waals surface area contributed by atoms with Crippen molar-refractivity contribution in [3.63, 3.8) is 0 Å². The number of carbonyl (C=O) groups excluding carboxylic acids is 1. The van der Waals surface area contributed by atoms with E-state index in [1.165, 1.54) is 5.56 Å². The van der Waals surface area contributed by atoms with Gasteiger partial charge < -0.3 is 10.6 Å². The molecular formula is C21H20ClN3O. The Morgan fingerprint density at radius 1 is 0.962 bits per heavy atom. The van der Waals surface area contributed by atoms with Crippen LogP contribution in [0.25, 0.3) is 0 Å². The first-order chi connectivity index (χ1) is 12.7. The molecule has 0 bridgehead atoms. The van der Waals surface area contributed by atoms with Crippen LogP contribution in [0.1, 0.15) is 21.6 Å². The van der Waals surface area contributed by atoms with Crippen molar-refractivity contribution in [2.75, 3.05) is 11.9 Å². The molecule has 0 aliphatic carbocycles. The number of carbonyl (C=O) groups is 1. The Labute approximate surface area is 158 Å². The highest BCUT2D eigenvalue weighted by atomic mass is 35.5. The number of amides is 1. The molecule has 4 nitrogen and oxygen atoms in total. The fourth-order valence-electron chi connectivity index (χ4n) is 2.57. The van der Waals surface area contributed by atoms with E-state index in [9.17, 15) is 4.79 Å². The standard InChI is InChI=1S/C21H20ClN3O/c22-18-10-9-17(15-23-13-11-16-6-2-1-3-7-16)14-20(18)25-21(26)19-8-4-5-12-24-19/h1-10,12,14,23H,11,13,15H2,(H,25,26). The molecular weight excluding hydrogens is 346 g/mol. The molecule has 1 amide bonds. The number of pyridine rings is 1. The molecule has 1 aromatic heterocycles. The van der Waals surface area contributed by atoms with Crippen LogP contribution in [-0.4, -0.2) is 17.4 Å². The van der Waals surface area contributed by atoms with Crippen LogP contribution in [0.4, 0.5) is 5.69 Å². The normalized spacial score (nSPS) is 10.5. The van der Waals surface area contributed by atoms with Crippen molar-refractivity contribution in [3.05, 3.63) is 94.8 Å². The number of anilines is 1. The fraction of sp³-hybridized carbons (Fsp3) is 0.143. The number of benzene rings is 2. The molecule has 0 fully saturated rings. The van der Waals surface area contributed by atoms with Crippen molar-refractivity contribution in [3.8, 4) is 0 Å². The number of halogens is 1. The van der Waals surface area contributed by atoms with E-state index in [-0.39, 0.29) is 5.91 Å². The number of rotatable bonds is 7. The maximum Gasteiger partial charge on any atom is 0.274 e. The van der Waals surface area contributed by atoms with Gasteiger partial charge in [-0.1, -0.05) is 54.1 Å². The largest absolute Gasteiger partial charge is 0.319 e. The van der Waals surface area contributed by atoms with Crippen LogP contribution >= 0.6 is 11.6 Å². The topological polar surface area (TPSA) is 54.0 Å². The first kappa shape index (κ1) is 18.1. The molecule has 0 aliphatic heterocycles. The van der Waals surface area contributed by atoms with E-state index in [4.69, 9.17) is 11.6 Å². The van der Waals surface area contributed by atoms with Crippen LogP contribution < -0.4 is 10.6 Å². The van der Waals surface area contributed by atoms with E-state index in [0.29, 0.717) is 22.9 Å². The second kappa shape index (κ2) is 9.13. The van der Waals surface area contributed by atoms with Crippen LogP contribution in [-0.2, 0) is 13.0 Å². The molecule has 5 heteroatoms. The highest BCUT2D eigenvalue weighted by Gasteiger charge is 2.10. The molecule has 3 aromatic rings. The monoisotopic (exact) mass is 365 g/mol. The number of hydrogen-bond donors (Lipinski definition) is 2. The maximum absolute atomic E-state index is 12.2. The lowest BCUT2D eigenvalue weighted by atomic mass is 10.1. The summed E-state index contributed by atoms with van der Waals surface area (Å²) < 4.78 is 0. The Morgan fingerprint density at radius 3 is 2.54 bits per heavy atom. The third kappa shape index (κ3) is 5.15. The van der Waals surface area contributed by atoms with Gasteiger partial charge in [-0.3, -0.25) is 9.78 Å². The Kier molecular flexibility index (Phi) is 6.36. The van der Waals surface area contributed by atoms with E-state index in [0.717, 1.165) is 18.5 Å². The zero-order valence-electron chi connectivity index (χ0n) is 14.3. The molecule has 0 radical (unpaired) electrons. The summed E-state index contributed by atoms with van der Waals surface area (Å²) in [6, 6.07) is 21.2. The summed E-state index contributed by atoms with van der Waals surface area (Å²) in [6.45, 7) is 1.58. The van der Waals surface area contributed by atoms with E-state index in [1.807, 2.05) is 30.3 Å². The highest BCUT2D eigenvalue weighted by molar-refractivity contribution is 6.33. The summed E-state index contributed by atoms with van der Waals surface area (Å²) in [6.07, 6.45) is 2.56. The predicted molar refractivity (Wildman–Crippen MR) is 105 cm³/mol. The van der Waals surface area contributed by atoms with E-state index in [2.05, 4.69) is 27.8 Å². The first-order valence-electron chi connectivity index (χ1n) is 8.48. The minimum Gasteiger partial charge on any atom is -0.319 e. The Balaban J connectivity index is 1.56. The third-order valence-electron chi connectivity index (χ3n) is 3.94. The van der Waals surface area contributed by atoms with E-state index in [1.54, 1.807) is 30.5 Å². The summed E-state index contributed by atoms with van der Waals surface area (Å²) in [4.78, 5) is 16.3. The van der Waals surface area contributed by atoms with Gasteiger partial charge >= 0.3 is 0 Å². The number of aromatic nitrogens is 1. The Morgan fingerprint density at radius 2 is 1.77 bits per heavy atom. The Hall–Kier alpha value is -2.69. The second-order valence-corrected chi connectivity index (χ2v) is 6.30. The summed E-state index contributed by atoms with van der Waals surface area (Å²) in [7, 11) is 0. The van der Waals surface area contributed by atoms with Crippen molar-refractivity contribution in [2.45, 2.75) is 13.0 Å². The van der Waals surface area contributed by atoms with Crippen LogP contribution in [0.5, 0.6) is 0 Å². The maximum atomic E-state index is 12.2. The molecule has 3 rings (SSSR count). The van der Waals surface area contributed by atoms with Gasteiger partial charge in [0.05, 0.1) is 10.7 Å². The van der Waals surface area contributed by atoms with E-state index < -0.39 is 0 Å². The molecule has 0 aliphatic rings. The van der Waals surface area contributed by atoms with Crippen LogP contribution in [0.2, 0.25) is 5.02 Å². The average molecular weight is 366 g/mol. The molecule has 0 spiro atoms. The van der Waals surface area contributed by atoms with Gasteiger partial charge in [-0.05, 0) is 48.4 Å². The molecule has 2 N–H and O–H groups in total. The summed E-state index contributed by atoms with van der Waals surface area (Å²) in [5.41, 5.74) is 3.30. The molecule has 1 heterocycles. The molecule has 26 heavy (non-hydrogen) atoms. The van der Waals surface area contributed by atoms with Crippen molar-refractivity contribution in [2.24, 2.45) is 0 Å². The van der Waals surface area contributed by atoms with E-state index >= 15 is 0 Å². The van der Waals surface area contributed by atoms with Crippen LogP contribution in [0.3, 0.4) is 0 Å². The number of nitrogens with one attached hydrogen (secondary N) is 2. The predicted octanol–water partition coefficient (Wildman–Crippen LogP) is 4.32. The van der Waals surface area contributed by atoms with Crippen molar-refractivity contribution >= 4 is 23.2 Å². The zero-order valence-corrected chi connectivity index (χ0v) is 15.0. The SMILES string of the molecule is O=C(Nc1cc(CNCCc2ccccc2)ccc1Cl)c1ccccn1. The second-order valence-electron chi connectivity index (χ2n) is 5.90. The van der Waals surface area contributed by atoms with Crippen molar-refractivity contribution < 1.29 is 4.79 Å².